The first kappa shape index (κ1) is 6.33. The van der Waals surface area contributed by atoms with Crippen LogP contribution in [0.15, 0.2) is 17.3 Å². The van der Waals surface area contributed by atoms with Crippen molar-refractivity contribution in [2.24, 2.45) is 4.99 Å². The van der Waals surface area contributed by atoms with Gasteiger partial charge < -0.3 is 4.90 Å². The van der Waals surface area contributed by atoms with Crippen molar-refractivity contribution in [3.05, 3.63) is 12.3 Å². The van der Waals surface area contributed by atoms with Gasteiger partial charge in [0.15, 0.2) is 0 Å². The predicted octanol–water partition coefficient (Wildman–Crippen LogP) is 1.25. The van der Waals surface area contributed by atoms with E-state index in [1.807, 2.05) is 24.5 Å². The van der Waals surface area contributed by atoms with Crippen molar-refractivity contribution in [1.29, 1.82) is 0 Å². The van der Waals surface area contributed by atoms with Crippen molar-refractivity contribution in [1.82, 2.24) is 4.90 Å². The van der Waals surface area contributed by atoms with E-state index >= 15 is 0 Å². The van der Waals surface area contributed by atoms with E-state index in [1.165, 1.54) is 0 Å². The standard InChI is InChI=1S/C7H12N2/c1-7(2)4-5-9(3)6-8-7/h4-6H,1-3H3. The average Bonchev–Trinajstić information content (AvgIpc) is 1.78. The van der Waals surface area contributed by atoms with Gasteiger partial charge in [0.2, 0.25) is 0 Å². The molecule has 1 rings (SSSR count). The minimum atomic E-state index is 0.00646. The van der Waals surface area contributed by atoms with Gasteiger partial charge in [0.05, 0.1) is 11.9 Å². The zero-order valence-corrected chi connectivity index (χ0v) is 6.13. The Bertz CT molecular complexity index is 140. The van der Waals surface area contributed by atoms with Gasteiger partial charge in [-0.2, -0.15) is 0 Å². The fourth-order valence-corrected chi connectivity index (χ4v) is 0.621. The van der Waals surface area contributed by atoms with E-state index in [4.69, 9.17) is 0 Å². The molecular formula is C7H12N2. The average molecular weight is 124 g/mol. The van der Waals surface area contributed by atoms with Crippen molar-refractivity contribution in [2.45, 2.75) is 19.4 Å². The van der Waals surface area contributed by atoms with Crippen LogP contribution in [0.3, 0.4) is 0 Å². The number of hydrogen-bond donors (Lipinski definition) is 0. The van der Waals surface area contributed by atoms with E-state index in [2.05, 4.69) is 24.9 Å². The molecule has 9 heavy (non-hydrogen) atoms. The van der Waals surface area contributed by atoms with Crippen LogP contribution in [0.2, 0.25) is 0 Å². The molecule has 0 saturated heterocycles. The van der Waals surface area contributed by atoms with Gasteiger partial charge >= 0.3 is 0 Å². The van der Waals surface area contributed by atoms with E-state index in [0.717, 1.165) is 0 Å². The normalized spacial score (nSPS) is 22.8. The van der Waals surface area contributed by atoms with Crippen LogP contribution < -0.4 is 0 Å². The Morgan fingerprint density at radius 1 is 1.44 bits per heavy atom. The quantitative estimate of drug-likeness (QED) is 0.474. The molecule has 2 nitrogen and oxygen atoms in total. The first-order valence-corrected chi connectivity index (χ1v) is 3.07. The molecule has 50 valence electrons. The molecule has 0 fully saturated rings. The van der Waals surface area contributed by atoms with Crippen LogP contribution in [0, 0.1) is 0 Å². The fraction of sp³-hybridized carbons (Fsp3) is 0.571. The van der Waals surface area contributed by atoms with Gasteiger partial charge in [-0.1, -0.05) is 0 Å². The summed E-state index contributed by atoms with van der Waals surface area (Å²) in [7, 11) is 1.97. The van der Waals surface area contributed by atoms with Gasteiger partial charge in [0.1, 0.15) is 0 Å². The Balaban J connectivity index is 2.70. The largest absolute Gasteiger partial charge is 0.343 e. The molecule has 0 aromatic carbocycles. The van der Waals surface area contributed by atoms with Gasteiger partial charge in [-0.05, 0) is 19.9 Å². The molecular weight excluding hydrogens is 112 g/mol. The molecule has 0 saturated carbocycles. The molecule has 1 aliphatic heterocycles. The zero-order chi connectivity index (χ0) is 6.91. The van der Waals surface area contributed by atoms with E-state index in [-0.39, 0.29) is 5.54 Å². The Morgan fingerprint density at radius 2 is 2.11 bits per heavy atom. The number of aliphatic imine (C=N–C) groups is 1. The summed E-state index contributed by atoms with van der Waals surface area (Å²) in [5.74, 6) is 0. The summed E-state index contributed by atoms with van der Waals surface area (Å²) in [6, 6.07) is 0. The molecule has 0 amide bonds. The van der Waals surface area contributed by atoms with Gasteiger partial charge in [0, 0.05) is 13.2 Å². The summed E-state index contributed by atoms with van der Waals surface area (Å²) in [5.41, 5.74) is 0.00646. The van der Waals surface area contributed by atoms with Crippen LogP contribution in [0.1, 0.15) is 13.8 Å². The highest BCUT2D eigenvalue weighted by molar-refractivity contribution is 5.58. The van der Waals surface area contributed by atoms with E-state index in [9.17, 15) is 0 Å². The highest BCUT2D eigenvalue weighted by Gasteiger charge is 2.12. The SMILES string of the molecule is CN1C=CC(C)(C)N=C1. The number of hydrogen-bond acceptors (Lipinski definition) is 2. The molecule has 0 unspecified atom stereocenters. The Hall–Kier alpha value is -0.790. The predicted molar refractivity (Wildman–Crippen MR) is 39.5 cm³/mol. The molecule has 0 aromatic heterocycles. The first-order chi connectivity index (χ1) is 4.10. The van der Waals surface area contributed by atoms with Crippen molar-refractivity contribution in [2.75, 3.05) is 7.05 Å². The lowest BCUT2D eigenvalue weighted by molar-refractivity contribution is 0.584. The molecule has 0 aliphatic carbocycles. The third-order valence-corrected chi connectivity index (χ3v) is 1.29. The van der Waals surface area contributed by atoms with E-state index in [0.29, 0.717) is 0 Å². The maximum Gasteiger partial charge on any atom is 0.0897 e. The molecule has 0 bridgehead atoms. The third kappa shape index (κ3) is 1.56. The molecule has 0 aromatic rings. The number of nitrogens with zero attached hydrogens (tertiary/aromatic N) is 2. The van der Waals surface area contributed by atoms with Crippen LogP contribution in [0.4, 0.5) is 0 Å². The van der Waals surface area contributed by atoms with Gasteiger partial charge in [-0.15, -0.1) is 0 Å². The van der Waals surface area contributed by atoms with Crippen LogP contribution >= 0.6 is 0 Å². The minimum Gasteiger partial charge on any atom is -0.343 e. The topological polar surface area (TPSA) is 15.6 Å². The van der Waals surface area contributed by atoms with Crippen LogP contribution in [0.5, 0.6) is 0 Å². The Kier molecular flexibility index (Phi) is 1.31. The Labute approximate surface area is 55.9 Å². The second kappa shape index (κ2) is 1.87. The second-order valence-electron chi connectivity index (χ2n) is 2.88. The van der Waals surface area contributed by atoms with Gasteiger partial charge in [-0.25, -0.2) is 0 Å². The monoisotopic (exact) mass is 124 g/mol. The molecule has 0 N–H and O–H groups in total. The molecule has 0 radical (unpaired) electrons. The van der Waals surface area contributed by atoms with E-state index < -0.39 is 0 Å². The summed E-state index contributed by atoms with van der Waals surface area (Å²) in [6.45, 7) is 4.15. The highest BCUT2D eigenvalue weighted by Crippen LogP contribution is 2.13. The van der Waals surface area contributed by atoms with Crippen LogP contribution in [-0.4, -0.2) is 23.8 Å². The second-order valence-corrected chi connectivity index (χ2v) is 2.88. The lowest BCUT2D eigenvalue weighted by Crippen LogP contribution is -2.22. The molecule has 0 atom stereocenters. The molecule has 2 heteroatoms. The maximum absolute atomic E-state index is 4.26. The lowest BCUT2D eigenvalue weighted by atomic mass is 10.1. The zero-order valence-electron chi connectivity index (χ0n) is 6.13. The third-order valence-electron chi connectivity index (χ3n) is 1.29. The lowest BCUT2D eigenvalue weighted by Gasteiger charge is -2.21. The smallest absolute Gasteiger partial charge is 0.0897 e. The van der Waals surface area contributed by atoms with Crippen molar-refractivity contribution >= 4 is 6.34 Å². The summed E-state index contributed by atoms with van der Waals surface area (Å²) in [4.78, 5) is 6.19. The van der Waals surface area contributed by atoms with Gasteiger partial charge in [-0.3, -0.25) is 4.99 Å². The summed E-state index contributed by atoms with van der Waals surface area (Å²) in [5, 5.41) is 0. The fourth-order valence-electron chi connectivity index (χ4n) is 0.621. The molecule has 1 aliphatic rings. The molecule has 0 spiro atoms. The maximum atomic E-state index is 4.26. The first-order valence-electron chi connectivity index (χ1n) is 3.07. The minimum absolute atomic E-state index is 0.00646. The summed E-state index contributed by atoms with van der Waals surface area (Å²) in [6.07, 6.45) is 5.93. The Morgan fingerprint density at radius 3 is 2.44 bits per heavy atom. The van der Waals surface area contributed by atoms with E-state index in [1.54, 1.807) is 0 Å². The van der Waals surface area contributed by atoms with Crippen LogP contribution in [0.25, 0.3) is 0 Å². The van der Waals surface area contributed by atoms with Gasteiger partial charge in [0.25, 0.3) is 0 Å². The number of rotatable bonds is 0. The van der Waals surface area contributed by atoms with Crippen molar-refractivity contribution < 1.29 is 0 Å². The van der Waals surface area contributed by atoms with Crippen molar-refractivity contribution in [3.63, 3.8) is 0 Å². The molecule has 1 heterocycles. The summed E-state index contributed by atoms with van der Waals surface area (Å²) < 4.78 is 0. The summed E-state index contributed by atoms with van der Waals surface area (Å²) >= 11 is 0. The highest BCUT2D eigenvalue weighted by atomic mass is 15.1. The van der Waals surface area contributed by atoms with Crippen LogP contribution in [-0.2, 0) is 0 Å². The van der Waals surface area contributed by atoms with Crippen molar-refractivity contribution in [3.8, 4) is 0 Å².